The van der Waals surface area contributed by atoms with Gasteiger partial charge in [0.2, 0.25) is 0 Å². The molecule has 0 unspecified atom stereocenters. The minimum absolute atomic E-state index is 0.772. The van der Waals surface area contributed by atoms with Crippen LogP contribution in [0.3, 0.4) is 0 Å². The van der Waals surface area contributed by atoms with Gasteiger partial charge in [0.15, 0.2) is 0 Å². The molecule has 1 saturated heterocycles. The van der Waals surface area contributed by atoms with E-state index in [1.54, 1.807) is 5.56 Å². The van der Waals surface area contributed by atoms with Crippen LogP contribution in [-0.2, 0) is 6.42 Å². The van der Waals surface area contributed by atoms with Gasteiger partial charge >= 0.3 is 0 Å². The largest absolute Gasteiger partial charge is 0.316 e. The fourth-order valence-electron chi connectivity index (χ4n) is 4.57. The lowest BCUT2D eigenvalue weighted by molar-refractivity contribution is 0.173. The molecule has 2 rings (SSSR count). The highest BCUT2D eigenvalue weighted by Gasteiger charge is 2.22. The molecule has 2 heteroatoms. The Kier molecular flexibility index (Phi) is 11.1. The standard InChI is InChI=1S/C25H44N2/c1-4-7-17-26-18-14-22-10-12-24(13-11-22)25-15-19-27(20-16-25)21-23(8-5-2)9-6-3/h10-13,23,25-26H,4-9,14-21H2,1-3H3. The van der Waals surface area contributed by atoms with E-state index in [4.69, 9.17) is 0 Å². The van der Waals surface area contributed by atoms with Gasteiger partial charge in [0.05, 0.1) is 0 Å². The summed E-state index contributed by atoms with van der Waals surface area (Å²) in [6.07, 6.45) is 11.9. The van der Waals surface area contributed by atoms with Crippen molar-refractivity contribution in [2.24, 2.45) is 5.92 Å². The molecule has 1 aromatic carbocycles. The monoisotopic (exact) mass is 372 g/mol. The Morgan fingerprint density at radius 2 is 1.59 bits per heavy atom. The molecule has 0 aliphatic carbocycles. The number of rotatable bonds is 13. The van der Waals surface area contributed by atoms with Crippen LogP contribution in [0.1, 0.15) is 89.2 Å². The van der Waals surface area contributed by atoms with E-state index >= 15 is 0 Å². The van der Waals surface area contributed by atoms with Gasteiger partial charge in [0.1, 0.15) is 0 Å². The van der Waals surface area contributed by atoms with Crippen LogP contribution in [-0.4, -0.2) is 37.6 Å². The zero-order valence-electron chi connectivity index (χ0n) is 18.3. The van der Waals surface area contributed by atoms with Gasteiger partial charge in [-0.1, -0.05) is 64.3 Å². The minimum Gasteiger partial charge on any atom is -0.316 e. The highest BCUT2D eigenvalue weighted by Crippen LogP contribution is 2.29. The Morgan fingerprint density at radius 1 is 0.926 bits per heavy atom. The van der Waals surface area contributed by atoms with Crippen molar-refractivity contribution in [1.29, 1.82) is 0 Å². The van der Waals surface area contributed by atoms with Crippen molar-refractivity contribution >= 4 is 0 Å². The summed E-state index contributed by atoms with van der Waals surface area (Å²) >= 11 is 0. The first-order valence-corrected chi connectivity index (χ1v) is 11.8. The smallest absolute Gasteiger partial charge is 0.000966 e. The van der Waals surface area contributed by atoms with Crippen LogP contribution in [0.2, 0.25) is 0 Å². The highest BCUT2D eigenvalue weighted by atomic mass is 15.1. The van der Waals surface area contributed by atoms with Gasteiger partial charge in [0, 0.05) is 6.54 Å². The molecule has 0 amide bonds. The molecule has 154 valence electrons. The number of likely N-dealkylation sites (tertiary alicyclic amines) is 1. The molecule has 1 aromatic rings. The van der Waals surface area contributed by atoms with E-state index in [0.717, 1.165) is 31.3 Å². The van der Waals surface area contributed by atoms with Crippen LogP contribution in [0.5, 0.6) is 0 Å². The van der Waals surface area contributed by atoms with Gasteiger partial charge in [-0.2, -0.15) is 0 Å². The molecule has 1 aliphatic heterocycles. The third-order valence-corrected chi connectivity index (χ3v) is 6.25. The first-order valence-electron chi connectivity index (χ1n) is 11.8. The maximum absolute atomic E-state index is 3.55. The average molecular weight is 373 g/mol. The summed E-state index contributed by atoms with van der Waals surface area (Å²) in [6.45, 7) is 13.1. The number of nitrogens with zero attached hydrogens (tertiary/aromatic N) is 1. The highest BCUT2D eigenvalue weighted by molar-refractivity contribution is 5.26. The van der Waals surface area contributed by atoms with Crippen LogP contribution in [0.4, 0.5) is 0 Å². The molecular weight excluding hydrogens is 328 g/mol. The van der Waals surface area contributed by atoms with Crippen LogP contribution >= 0.6 is 0 Å². The molecule has 0 aromatic heterocycles. The molecule has 27 heavy (non-hydrogen) atoms. The van der Waals surface area contributed by atoms with E-state index in [2.05, 4.69) is 55.3 Å². The Morgan fingerprint density at radius 3 is 2.19 bits per heavy atom. The second-order valence-electron chi connectivity index (χ2n) is 8.61. The number of benzene rings is 1. The SMILES string of the molecule is CCCCNCCc1ccc(C2CCN(CC(CCC)CCC)CC2)cc1. The van der Waals surface area contributed by atoms with Crippen molar-refractivity contribution in [2.45, 2.75) is 84.5 Å². The Labute approximate surface area is 169 Å². The van der Waals surface area contributed by atoms with Crippen LogP contribution < -0.4 is 5.32 Å². The van der Waals surface area contributed by atoms with Gasteiger partial charge in [-0.15, -0.1) is 0 Å². The van der Waals surface area contributed by atoms with E-state index in [1.807, 2.05) is 0 Å². The molecule has 0 saturated carbocycles. The van der Waals surface area contributed by atoms with Crippen LogP contribution in [0, 0.1) is 5.92 Å². The van der Waals surface area contributed by atoms with Crippen molar-refractivity contribution in [3.05, 3.63) is 35.4 Å². The molecule has 0 atom stereocenters. The van der Waals surface area contributed by atoms with E-state index in [0.29, 0.717) is 0 Å². The molecule has 1 aliphatic rings. The second-order valence-corrected chi connectivity index (χ2v) is 8.61. The maximum atomic E-state index is 3.55. The van der Waals surface area contributed by atoms with Crippen molar-refractivity contribution < 1.29 is 0 Å². The number of unbranched alkanes of at least 4 members (excludes halogenated alkanes) is 1. The van der Waals surface area contributed by atoms with Crippen molar-refractivity contribution in [2.75, 3.05) is 32.7 Å². The quantitative estimate of drug-likeness (QED) is 0.426. The van der Waals surface area contributed by atoms with E-state index in [9.17, 15) is 0 Å². The van der Waals surface area contributed by atoms with Crippen molar-refractivity contribution in [3.63, 3.8) is 0 Å². The Balaban J connectivity index is 1.72. The van der Waals surface area contributed by atoms with Crippen molar-refractivity contribution in [3.8, 4) is 0 Å². The van der Waals surface area contributed by atoms with E-state index < -0.39 is 0 Å². The fourth-order valence-corrected chi connectivity index (χ4v) is 4.57. The molecule has 1 heterocycles. The molecular formula is C25H44N2. The Hall–Kier alpha value is -0.860. The maximum Gasteiger partial charge on any atom is 0.000966 e. The predicted octanol–water partition coefficient (Wildman–Crippen LogP) is 6.01. The van der Waals surface area contributed by atoms with E-state index in [-0.39, 0.29) is 0 Å². The summed E-state index contributed by atoms with van der Waals surface area (Å²) in [5, 5.41) is 3.55. The lowest BCUT2D eigenvalue weighted by Gasteiger charge is -2.34. The van der Waals surface area contributed by atoms with Crippen LogP contribution in [0.15, 0.2) is 24.3 Å². The fraction of sp³-hybridized carbons (Fsp3) is 0.760. The summed E-state index contributed by atoms with van der Waals surface area (Å²) in [5.41, 5.74) is 3.04. The van der Waals surface area contributed by atoms with Gasteiger partial charge in [0.25, 0.3) is 0 Å². The summed E-state index contributed by atoms with van der Waals surface area (Å²) < 4.78 is 0. The van der Waals surface area contributed by atoms with Crippen LogP contribution in [0.25, 0.3) is 0 Å². The van der Waals surface area contributed by atoms with E-state index in [1.165, 1.54) is 76.6 Å². The summed E-state index contributed by atoms with van der Waals surface area (Å²) in [5.74, 6) is 1.69. The number of piperidine rings is 1. The zero-order chi connectivity index (χ0) is 19.3. The lowest BCUT2D eigenvalue weighted by atomic mass is 9.88. The molecule has 2 nitrogen and oxygen atoms in total. The topological polar surface area (TPSA) is 15.3 Å². The van der Waals surface area contributed by atoms with Crippen molar-refractivity contribution in [1.82, 2.24) is 10.2 Å². The first kappa shape index (κ1) is 22.4. The molecule has 0 radical (unpaired) electrons. The van der Waals surface area contributed by atoms with Gasteiger partial charge in [-0.3, -0.25) is 0 Å². The third-order valence-electron chi connectivity index (χ3n) is 6.25. The molecule has 0 bridgehead atoms. The third kappa shape index (κ3) is 8.35. The summed E-state index contributed by atoms with van der Waals surface area (Å²) in [6, 6.07) is 9.53. The second kappa shape index (κ2) is 13.3. The predicted molar refractivity (Wildman–Crippen MR) is 120 cm³/mol. The molecule has 1 fully saturated rings. The van der Waals surface area contributed by atoms with Gasteiger partial charge < -0.3 is 10.2 Å². The Bertz CT molecular complexity index is 468. The first-order chi connectivity index (χ1) is 13.3. The normalized spacial score (nSPS) is 16.3. The van der Waals surface area contributed by atoms with Gasteiger partial charge in [-0.05, 0) is 87.7 Å². The van der Waals surface area contributed by atoms with Gasteiger partial charge in [-0.25, -0.2) is 0 Å². The number of hydrogen-bond donors (Lipinski definition) is 1. The minimum atomic E-state index is 0.772. The number of nitrogens with one attached hydrogen (secondary N) is 1. The summed E-state index contributed by atoms with van der Waals surface area (Å²) in [7, 11) is 0. The zero-order valence-corrected chi connectivity index (χ0v) is 18.3. The number of hydrogen-bond acceptors (Lipinski definition) is 2. The lowest BCUT2D eigenvalue weighted by Crippen LogP contribution is -2.36. The summed E-state index contributed by atoms with van der Waals surface area (Å²) in [4.78, 5) is 2.74. The molecule has 1 N–H and O–H groups in total. The average Bonchev–Trinajstić information content (AvgIpc) is 2.69. The molecule has 0 spiro atoms.